The fraction of sp³-hybridized carbons (Fsp3) is 0.533. The third kappa shape index (κ3) is 13.8. The Bertz CT molecular complexity index is 1040. The van der Waals surface area contributed by atoms with Crippen molar-refractivity contribution in [2.24, 2.45) is 0 Å². The van der Waals surface area contributed by atoms with E-state index in [1.807, 2.05) is 0 Å². The molecule has 0 amide bonds. The maximum atomic E-state index is 11.7. The Morgan fingerprint density at radius 1 is 0.409 bits per heavy atom. The maximum Gasteiger partial charge on any atom is 0.339 e. The SMILES string of the molecule is O=C(O)c1cc2ccc1OCCOCCOCCOCCOc1ccc(c(C(=O)O)c1)OCCOCCOCCOCCO2. The van der Waals surface area contributed by atoms with Crippen LogP contribution in [0.2, 0.25) is 0 Å². The maximum absolute atomic E-state index is 11.7. The minimum absolute atomic E-state index is 0.0145. The Morgan fingerprint density at radius 3 is 0.977 bits per heavy atom. The van der Waals surface area contributed by atoms with E-state index in [0.29, 0.717) is 64.4 Å². The van der Waals surface area contributed by atoms with Crippen molar-refractivity contribution >= 4 is 11.9 Å². The summed E-state index contributed by atoms with van der Waals surface area (Å²) in [7, 11) is 0. The van der Waals surface area contributed by atoms with E-state index in [2.05, 4.69) is 0 Å². The number of aromatic carboxylic acids is 2. The molecule has 0 unspecified atom stereocenters. The summed E-state index contributed by atoms with van der Waals surface area (Å²) >= 11 is 0. The van der Waals surface area contributed by atoms with E-state index >= 15 is 0 Å². The van der Waals surface area contributed by atoms with Gasteiger partial charge in [0.05, 0.1) is 79.3 Å². The van der Waals surface area contributed by atoms with Crippen LogP contribution in [0.25, 0.3) is 0 Å². The van der Waals surface area contributed by atoms with Crippen molar-refractivity contribution in [3.05, 3.63) is 47.5 Å². The van der Waals surface area contributed by atoms with E-state index in [9.17, 15) is 19.8 Å². The molecule has 0 radical (unpaired) electrons. The largest absolute Gasteiger partial charge is 0.491 e. The number of carboxylic acids is 2. The standard InChI is InChI=1S/C30H40O14/c31-29(32)25-21-23-1-3-27(25)43-19-15-39-11-7-36-6-10-38-14-18-42-24-2-4-28(26(22-24)30(33)34)44-20-16-40-12-8-35-5-9-37-13-17-41-23/h1-4,21-22H,5-20H2,(H,31,32)(H,33,34). The number of carbonyl (C=O) groups is 2. The zero-order valence-corrected chi connectivity index (χ0v) is 24.6. The lowest BCUT2D eigenvalue weighted by Gasteiger charge is -2.13. The van der Waals surface area contributed by atoms with Gasteiger partial charge >= 0.3 is 11.9 Å². The van der Waals surface area contributed by atoms with Gasteiger partial charge in [-0.1, -0.05) is 0 Å². The summed E-state index contributed by atoms with van der Waals surface area (Å²) in [5, 5.41) is 19.1. The molecule has 2 N–H and O–H groups in total. The van der Waals surface area contributed by atoms with E-state index in [1.54, 1.807) is 24.3 Å². The molecule has 244 valence electrons. The molecule has 4 aliphatic rings. The van der Waals surface area contributed by atoms with Crippen LogP contribution in [0.4, 0.5) is 0 Å². The number of benzene rings is 2. The molecule has 2 aromatic carbocycles. The first-order valence-corrected chi connectivity index (χ1v) is 14.3. The van der Waals surface area contributed by atoms with Crippen LogP contribution in [-0.4, -0.2) is 128 Å². The second-order valence-corrected chi connectivity index (χ2v) is 8.99. The molecule has 14 nitrogen and oxygen atoms in total. The van der Waals surface area contributed by atoms with Crippen LogP contribution in [0.1, 0.15) is 20.7 Å². The second kappa shape index (κ2) is 21.1. The van der Waals surface area contributed by atoms with Crippen LogP contribution < -0.4 is 18.9 Å². The Hall–Kier alpha value is -3.66. The summed E-state index contributed by atoms with van der Waals surface area (Å²) in [6.45, 7) is 4.62. The molecule has 14 heteroatoms. The molecule has 0 saturated carbocycles. The topological polar surface area (TPSA) is 167 Å². The van der Waals surface area contributed by atoms with Gasteiger partial charge in [0, 0.05) is 0 Å². The van der Waals surface area contributed by atoms with Crippen LogP contribution in [-0.2, 0) is 28.4 Å². The van der Waals surface area contributed by atoms with Gasteiger partial charge < -0.3 is 57.6 Å². The van der Waals surface area contributed by atoms with Gasteiger partial charge in [-0.15, -0.1) is 0 Å². The number of ether oxygens (including phenoxy) is 10. The number of carboxylic acid groups (broad SMARTS) is 2. The van der Waals surface area contributed by atoms with Crippen LogP contribution in [0.3, 0.4) is 0 Å². The Labute approximate surface area is 255 Å². The molecule has 4 aliphatic heterocycles. The predicted molar refractivity (Wildman–Crippen MR) is 154 cm³/mol. The lowest BCUT2D eigenvalue weighted by molar-refractivity contribution is 0.00457. The zero-order valence-electron chi connectivity index (χ0n) is 24.6. The molecule has 0 spiro atoms. The van der Waals surface area contributed by atoms with Crippen LogP contribution >= 0.6 is 0 Å². The molecule has 0 atom stereocenters. The lowest BCUT2D eigenvalue weighted by Crippen LogP contribution is -2.15. The predicted octanol–water partition coefficient (Wildman–Crippen LogP) is 2.41. The monoisotopic (exact) mass is 624 g/mol. The highest BCUT2D eigenvalue weighted by Crippen LogP contribution is 2.25. The van der Waals surface area contributed by atoms with Gasteiger partial charge in [-0.05, 0) is 36.4 Å². The lowest BCUT2D eigenvalue weighted by atomic mass is 10.2. The van der Waals surface area contributed by atoms with E-state index in [1.165, 1.54) is 12.1 Å². The van der Waals surface area contributed by atoms with Crippen molar-refractivity contribution < 1.29 is 67.2 Å². The molecule has 0 saturated heterocycles. The van der Waals surface area contributed by atoms with Crippen molar-refractivity contribution in [1.29, 1.82) is 0 Å². The Kier molecular flexibility index (Phi) is 16.7. The average Bonchev–Trinajstić information content (AvgIpc) is 3.01. The average molecular weight is 625 g/mol. The number of hydrogen-bond donors (Lipinski definition) is 2. The zero-order chi connectivity index (χ0) is 31.2. The van der Waals surface area contributed by atoms with Gasteiger partial charge in [0.25, 0.3) is 0 Å². The van der Waals surface area contributed by atoms with Crippen molar-refractivity contribution in [3.8, 4) is 23.0 Å². The normalized spacial score (nSPS) is 18.0. The van der Waals surface area contributed by atoms with Gasteiger partial charge in [-0.2, -0.15) is 0 Å². The van der Waals surface area contributed by atoms with Crippen LogP contribution in [0.5, 0.6) is 23.0 Å². The Balaban J connectivity index is 1.44. The summed E-state index contributed by atoms with van der Waals surface area (Å²) in [6, 6.07) is 9.16. The second-order valence-electron chi connectivity index (χ2n) is 8.99. The van der Waals surface area contributed by atoms with Gasteiger partial charge in [0.1, 0.15) is 60.6 Å². The third-order valence-electron chi connectivity index (χ3n) is 5.81. The molecule has 2 aromatic rings. The quantitative estimate of drug-likeness (QED) is 0.500. The summed E-state index contributed by atoms with van der Waals surface area (Å²) in [6.07, 6.45) is 0. The molecule has 6 rings (SSSR count). The highest BCUT2D eigenvalue weighted by molar-refractivity contribution is 5.92. The minimum Gasteiger partial charge on any atom is -0.491 e. The first kappa shape index (κ1) is 34.8. The fourth-order valence-corrected chi connectivity index (χ4v) is 3.73. The molecule has 0 fully saturated rings. The van der Waals surface area contributed by atoms with Crippen LogP contribution in [0.15, 0.2) is 36.4 Å². The first-order chi connectivity index (χ1) is 21.5. The summed E-state index contributed by atoms with van der Waals surface area (Å²) in [5.41, 5.74) is -0.0291. The van der Waals surface area contributed by atoms with Crippen molar-refractivity contribution in [3.63, 3.8) is 0 Å². The molecule has 4 heterocycles. The molecule has 0 aromatic heterocycles. The fourth-order valence-electron chi connectivity index (χ4n) is 3.73. The smallest absolute Gasteiger partial charge is 0.339 e. The van der Waals surface area contributed by atoms with Crippen molar-refractivity contribution in [2.45, 2.75) is 0 Å². The summed E-state index contributed by atoms with van der Waals surface area (Å²) < 4.78 is 55.2. The molecular formula is C30H40O14. The molecule has 0 aliphatic carbocycles. The van der Waals surface area contributed by atoms with Gasteiger partial charge in [-0.3, -0.25) is 0 Å². The minimum atomic E-state index is -1.13. The van der Waals surface area contributed by atoms with Gasteiger partial charge in [0.2, 0.25) is 0 Å². The first-order valence-electron chi connectivity index (χ1n) is 14.3. The van der Waals surface area contributed by atoms with E-state index < -0.39 is 11.9 Å². The van der Waals surface area contributed by atoms with Crippen LogP contribution in [0, 0.1) is 0 Å². The van der Waals surface area contributed by atoms with Gasteiger partial charge in [-0.25, -0.2) is 9.59 Å². The van der Waals surface area contributed by atoms with Crippen molar-refractivity contribution in [1.82, 2.24) is 0 Å². The summed E-state index contributed by atoms with van der Waals surface area (Å²) in [4.78, 5) is 23.4. The van der Waals surface area contributed by atoms with Gasteiger partial charge in [0.15, 0.2) is 0 Å². The third-order valence-corrected chi connectivity index (χ3v) is 5.81. The van der Waals surface area contributed by atoms with E-state index in [0.717, 1.165) is 0 Å². The van der Waals surface area contributed by atoms with E-state index in [-0.39, 0.29) is 75.5 Å². The number of hydrogen-bond acceptors (Lipinski definition) is 12. The molecule has 4 bridgehead atoms. The van der Waals surface area contributed by atoms with E-state index in [4.69, 9.17) is 47.4 Å². The molecular weight excluding hydrogens is 584 g/mol. The number of rotatable bonds is 2. The molecule has 44 heavy (non-hydrogen) atoms. The van der Waals surface area contributed by atoms with Crippen molar-refractivity contribution in [2.75, 3.05) is 106 Å². The highest BCUT2D eigenvalue weighted by atomic mass is 16.6. The highest BCUT2D eigenvalue weighted by Gasteiger charge is 2.14. The summed E-state index contributed by atoms with van der Waals surface area (Å²) in [5.74, 6) is -1.07. The Morgan fingerprint density at radius 2 is 0.682 bits per heavy atom.